The molecule has 0 atom stereocenters. The number of hydrogen-bond acceptors (Lipinski definition) is 12. The minimum Gasteiger partial charge on any atom is -0.461 e. The number of hydrogen-bond donors (Lipinski definition) is 1. The average molecular weight is 818 g/mol. The molecule has 0 spiro atoms. The van der Waals surface area contributed by atoms with E-state index in [0.29, 0.717) is 47.6 Å². The number of aromatic nitrogens is 8. The molecular formula is C33H54Cl2N8O6SSi2. The third kappa shape index (κ3) is 17.8. The molecule has 0 aliphatic carbocycles. The van der Waals surface area contributed by atoms with Crippen molar-refractivity contribution in [1.82, 2.24) is 39.5 Å². The quantitative estimate of drug-likeness (QED) is 0.0729. The SMILES string of the molecule is CC(C)O.CC(C)Oc1nc(-c2ccc(Cl)nc2)nn1COCC[Si](C)(C)C.C[Si](C)(C)CCOCn1nc(-c2ccc(Cl)nc2)nc1S(C)(=O)=O. The van der Waals surface area contributed by atoms with Gasteiger partial charge >= 0.3 is 6.01 Å². The minimum absolute atomic E-state index is 0.00567. The first-order valence-corrected chi connectivity index (χ1v) is 26.9. The fourth-order valence-electron chi connectivity index (χ4n) is 3.72. The van der Waals surface area contributed by atoms with Gasteiger partial charge in [-0.1, -0.05) is 62.5 Å². The van der Waals surface area contributed by atoms with E-state index in [1.54, 1.807) is 42.9 Å². The molecule has 4 rings (SSSR count). The lowest BCUT2D eigenvalue weighted by Crippen LogP contribution is -2.22. The highest BCUT2D eigenvalue weighted by Gasteiger charge is 2.21. The predicted octanol–water partition coefficient (Wildman–Crippen LogP) is 7.19. The predicted molar refractivity (Wildman–Crippen MR) is 211 cm³/mol. The summed E-state index contributed by atoms with van der Waals surface area (Å²) in [5.41, 5.74) is 1.37. The first-order valence-electron chi connectivity index (χ1n) is 16.9. The molecule has 4 aromatic rings. The van der Waals surface area contributed by atoms with Crippen molar-refractivity contribution in [1.29, 1.82) is 0 Å². The van der Waals surface area contributed by atoms with Crippen LogP contribution in [-0.4, -0.2) is 101 Å². The molecule has 0 aromatic carbocycles. The molecule has 0 radical (unpaired) electrons. The van der Waals surface area contributed by atoms with E-state index in [1.165, 1.54) is 10.9 Å². The van der Waals surface area contributed by atoms with Crippen molar-refractivity contribution in [2.45, 2.75) is 110 Å². The molecule has 0 saturated heterocycles. The molecule has 0 unspecified atom stereocenters. The Morgan fingerprint density at radius 3 is 1.56 bits per heavy atom. The van der Waals surface area contributed by atoms with Gasteiger partial charge in [0.25, 0.3) is 0 Å². The molecule has 0 amide bonds. The lowest BCUT2D eigenvalue weighted by Gasteiger charge is -2.15. The van der Waals surface area contributed by atoms with Gasteiger partial charge < -0.3 is 19.3 Å². The number of aliphatic hydroxyl groups is 1. The molecular weight excluding hydrogens is 764 g/mol. The van der Waals surface area contributed by atoms with Crippen LogP contribution in [0.3, 0.4) is 0 Å². The summed E-state index contributed by atoms with van der Waals surface area (Å²) in [4.78, 5) is 16.6. The van der Waals surface area contributed by atoms with Crippen LogP contribution in [0, 0.1) is 0 Å². The number of nitrogens with zero attached hydrogens (tertiary/aromatic N) is 8. The van der Waals surface area contributed by atoms with Crippen LogP contribution in [0.15, 0.2) is 41.8 Å². The van der Waals surface area contributed by atoms with E-state index in [4.69, 9.17) is 42.5 Å². The average Bonchev–Trinajstić information content (AvgIpc) is 3.62. The molecule has 0 fully saturated rings. The number of sulfone groups is 1. The number of aliphatic hydroxyl groups excluding tert-OH is 1. The molecule has 0 saturated carbocycles. The summed E-state index contributed by atoms with van der Waals surface area (Å²) in [6.07, 6.45) is 4.08. The van der Waals surface area contributed by atoms with Gasteiger partial charge in [0, 0.05) is 65.2 Å². The second-order valence-corrected chi connectivity index (χ2v) is 28.8. The third-order valence-corrected chi connectivity index (χ3v) is 11.2. The molecule has 0 bridgehead atoms. The zero-order chi connectivity index (χ0) is 39.3. The number of pyridine rings is 2. The van der Waals surface area contributed by atoms with E-state index in [1.807, 2.05) is 19.9 Å². The van der Waals surface area contributed by atoms with Gasteiger partial charge in [-0.3, -0.25) is 0 Å². The first kappa shape index (κ1) is 45.4. The van der Waals surface area contributed by atoms with E-state index in [0.717, 1.165) is 23.9 Å². The van der Waals surface area contributed by atoms with Crippen molar-refractivity contribution < 1.29 is 27.7 Å². The van der Waals surface area contributed by atoms with Crippen LogP contribution < -0.4 is 4.74 Å². The smallest absolute Gasteiger partial charge is 0.317 e. The highest BCUT2D eigenvalue weighted by molar-refractivity contribution is 7.90. The maximum absolute atomic E-state index is 11.9. The van der Waals surface area contributed by atoms with Crippen molar-refractivity contribution in [3.63, 3.8) is 0 Å². The summed E-state index contributed by atoms with van der Waals surface area (Å²) >= 11 is 11.6. The summed E-state index contributed by atoms with van der Waals surface area (Å²) in [6, 6.07) is 9.38. The molecule has 14 nitrogen and oxygen atoms in total. The van der Waals surface area contributed by atoms with Crippen LogP contribution >= 0.6 is 23.2 Å². The number of rotatable bonds is 15. The van der Waals surface area contributed by atoms with Gasteiger partial charge in [0.1, 0.15) is 23.8 Å². The molecule has 0 aliphatic heterocycles. The largest absolute Gasteiger partial charge is 0.461 e. The summed E-state index contributed by atoms with van der Waals surface area (Å²) in [5.74, 6) is 0.817. The summed E-state index contributed by atoms with van der Waals surface area (Å²) in [6.45, 7) is 22.7. The Hall–Kier alpha value is -2.78. The van der Waals surface area contributed by atoms with Gasteiger partial charge in [-0.05, 0) is 64.0 Å². The van der Waals surface area contributed by atoms with Crippen molar-refractivity contribution in [3.8, 4) is 28.8 Å². The lowest BCUT2D eigenvalue weighted by atomic mass is 10.3. The topological polar surface area (TPSA) is 169 Å². The molecule has 52 heavy (non-hydrogen) atoms. The van der Waals surface area contributed by atoms with E-state index >= 15 is 0 Å². The van der Waals surface area contributed by atoms with E-state index in [-0.39, 0.29) is 29.9 Å². The molecule has 1 N–H and O–H groups in total. The molecule has 0 aliphatic rings. The van der Waals surface area contributed by atoms with Crippen molar-refractivity contribution in [3.05, 3.63) is 47.0 Å². The van der Waals surface area contributed by atoms with E-state index in [2.05, 4.69) is 69.4 Å². The number of ether oxygens (including phenoxy) is 3. The van der Waals surface area contributed by atoms with Crippen LogP contribution in [0.4, 0.5) is 0 Å². The van der Waals surface area contributed by atoms with Crippen molar-refractivity contribution in [2.75, 3.05) is 19.5 Å². The Labute approximate surface area is 320 Å². The maximum atomic E-state index is 11.9. The van der Waals surface area contributed by atoms with Crippen molar-refractivity contribution >= 4 is 49.2 Å². The summed E-state index contributed by atoms with van der Waals surface area (Å²) in [5, 5.41) is 17.4. The molecule has 290 valence electrons. The Kier molecular flexibility index (Phi) is 18.0. The van der Waals surface area contributed by atoms with E-state index in [9.17, 15) is 8.42 Å². The Bertz CT molecular complexity index is 1760. The monoisotopic (exact) mass is 816 g/mol. The molecule has 4 aromatic heterocycles. The van der Waals surface area contributed by atoms with Gasteiger partial charge in [-0.25, -0.2) is 23.1 Å². The van der Waals surface area contributed by atoms with Gasteiger partial charge in [-0.2, -0.15) is 14.6 Å². The van der Waals surface area contributed by atoms with E-state index < -0.39 is 26.0 Å². The highest BCUT2D eigenvalue weighted by atomic mass is 35.5. The number of halogens is 2. The van der Waals surface area contributed by atoms with Crippen LogP contribution in [0.1, 0.15) is 27.7 Å². The summed E-state index contributed by atoms with van der Waals surface area (Å²) < 4.78 is 43.9. The second kappa shape index (κ2) is 20.6. The zero-order valence-electron chi connectivity index (χ0n) is 32.1. The van der Waals surface area contributed by atoms with Crippen molar-refractivity contribution in [2.24, 2.45) is 0 Å². The maximum Gasteiger partial charge on any atom is 0.317 e. The van der Waals surface area contributed by atoms with Gasteiger partial charge in [0.05, 0.1) is 6.10 Å². The van der Waals surface area contributed by atoms with Crippen LogP contribution in [-0.2, 0) is 32.8 Å². The summed E-state index contributed by atoms with van der Waals surface area (Å²) in [7, 11) is -5.84. The fraction of sp³-hybridized carbons (Fsp3) is 0.576. The van der Waals surface area contributed by atoms with Gasteiger partial charge in [-0.15, -0.1) is 10.2 Å². The first-order chi connectivity index (χ1) is 24.0. The fourth-order valence-corrected chi connectivity index (χ4v) is 6.18. The van der Waals surface area contributed by atoms with Gasteiger partial charge in [0.2, 0.25) is 15.0 Å². The lowest BCUT2D eigenvalue weighted by molar-refractivity contribution is 0.0659. The van der Waals surface area contributed by atoms with Crippen LogP contribution in [0.25, 0.3) is 22.8 Å². The Balaban J connectivity index is 0.000000327. The molecule has 19 heteroatoms. The Morgan fingerprint density at radius 1 is 0.750 bits per heavy atom. The minimum atomic E-state index is -3.52. The van der Waals surface area contributed by atoms with Gasteiger partial charge in [0.15, 0.2) is 11.6 Å². The zero-order valence-corrected chi connectivity index (χ0v) is 36.4. The normalized spacial score (nSPS) is 12.0. The van der Waals surface area contributed by atoms with Crippen LogP contribution in [0.5, 0.6) is 6.01 Å². The molecule has 4 heterocycles. The Morgan fingerprint density at radius 2 is 1.17 bits per heavy atom. The third-order valence-electron chi connectivity index (χ3n) is 6.34. The second-order valence-electron chi connectivity index (χ2n) is 14.9. The highest BCUT2D eigenvalue weighted by Crippen LogP contribution is 2.22. The standard InChI is InChI=1S/C16H25ClN4O2Si.C14H21ClN4O3SSi.C3H8O/c1-12(2)23-16-19-15(13-6-7-14(17)18-10-13)20-21(16)11-22-8-9-24(3,4)5;1-23(20,21)14-17-13(11-5-6-12(15)16-9-11)18-19(14)10-22-7-8-24(2,3)4;1-3(2)4/h6-7,10,12H,8-9,11H2,1-5H3;5-6,9H,7-8,10H2,1-4H3;3-4H,1-2H3. The van der Waals surface area contributed by atoms with Crippen LogP contribution in [0.2, 0.25) is 61.7 Å².